The number of aromatic nitrogens is 1. The standard InChI is InChI=1S/C24H22FN3O3/c1-16-9-10-21(28-12-4-8-22(28)29)20(13-16)23(30)27-15-17-5-3-11-26-24(17)31-19-7-2-6-18(25)14-19/h2-3,5-7,9-11,13-14H,4,8,12,15H2,1H3,(H,27,30). The van der Waals surface area contributed by atoms with Gasteiger partial charge in [0.1, 0.15) is 11.6 Å². The summed E-state index contributed by atoms with van der Waals surface area (Å²) in [4.78, 5) is 31.1. The second-order valence-corrected chi connectivity index (χ2v) is 7.38. The minimum absolute atomic E-state index is 0.0240. The van der Waals surface area contributed by atoms with E-state index < -0.39 is 5.82 Å². The van der Waals surface area contributed by atoms with E-state index in [1.165, 1.54) is 12.1 Å². The van der Waals surface area contributed by atoms with Gasteiger partial charge < -0.3 is 15.0 Å². The Kier molecular flexibility index (Phi) is 5.93. The summed E-state index contributed by atoms with van der Waals surface area (Å²) >= 11 is 0. The molecule has 1 fully saturated rings. The van der Waals surface area contributed by atoms with E-state index in [0.29, 0.717) is 35.5 Å². The Bertz CT molecular complexity index is 1130. The average molecular weight is 419 g/mol. The summed E-state index contributed by atoms with van der Waals surface area (Å²) in [5, 5.41) is 2.89. The Hall–Kier alpha value is -3.74. The van der Waals surface area contributed by atoms with Crippen molar-refractivity contribution in [3.05, 3.63) is 83.3 Å². The average Bonchev–Trinajstić information content (AvgIpc) is 3.18. The summed E-state index contributed by atoms with van der Waals surface area (Å²) < 4.78 is 19.2. The van der Waals surface area contributed by atoms with E-state index in [1.807, 2.05) is 19.1 Å². The first-order valence-electron chi connectivity index (χ1n) is 10.1. The van der Waals surface area contributed by atoms with E-state index in [2.05, 4.69) is 10.3 Å². The number of aryl methyl sites for hydroxylation is 1. The number of carbonyl (C=O) groups excluding carboxylic acids is 2. The van der Waals surface area contributed by atoms with Gasteiger partial charge in [0.15, 0.2) is 0 Å². The van der Waals surface area contributed by atoms with Gasteiger partial charge in [0, 0.05) is 37.3 Å². The number of ether oxygens (including phenoxy) is 1. The number of halogens is 1. The lowest BCUT2D eigenvalue weighted by Crippen LogP contribution is -2.29. The topological polar surface area (TPSA) is 71.5 Å². The van der Waals surface area contributed by atoms with Gasteiger partial charge >= 0.3 is 0 Å². The molecule has 0 atom stereocenters. The second-order valence-electron chi connectivity index (χ2n) is 7.38. The number of nitrogens with one attached hydrogen (secondary N) is 1. The van der Waals surface area contributed by atoms with E-state index in [9.17, 15) is 14.0 Å². The first-order chi connectivity index (χ1) is 15.0. The smallest absolute Gasteiger partial charge is 0.253 e. The zero-order valence-electron chi connectivity index (χ0n) is 17.1. The zero-order chi connectivity index (χ0) is 21.8. The molecule has 7 heteroatoms. The number of benzene rings is 2. The van der Waals surface area contributed by atoms with E-state index in [4.69, 9.17) is 4.74 Å². The van der Waals surface area contributed by atoms with Gasteiger partial charge in [-0.3, -0.25) is 9.59 Å². The van der Waals surface area contributed by atoms with Crippen LogP contribution in [-0.4, -0.2) is 23.3 Å². The highest BCUT2D eigenvalue weighted by Gasteiger charge is 2.26. The Morgan fingerprint density at radius 3 is 2.84 bits per heavy atom. The maximum Gasteiger partial charge on any atom is 0.253 e. The third-order valence-corrected chi connectivity index (χ3v) is 5.06. The highest BCUT2D eigenvalue weighted by molar-refractivity contribution is 6.05. The van der Waals surface area contributed by atoms with Gasteiger partial charge in [0.25, 0.3) is 5.91 Å². The lowest BCUT2D eigenvalue weighted by atomic mass is 10.1. The molecule has 0 radical (unpaired) electrons. The van der Waals surface area contributed by atoms with Crippen LogP contribution in [0.25, 0.3) is 0 Å². The number of nitrogens with zero attached hydrogens (tertiary/aromatic N) is 2. The van der Waals surface area contributed by atoms with Crippen LogP contribution in [0.3, 0.4) is 0 Å². The van der Waals surface area contributed by atoms with Crippen molar-refractivity contribution < 1.29 is 18.7 Å². The lowest BCUT2D eigenvalue weighted by Gasteiger charge is -2.20. The van der Waals surface area contributed by atoms with Crippen molar-refractivity contribution >= 4 is 17.5 Å². The van der Waals surface area contributed by atoms with Crippen LogP contribution in [0.4, 0.5) is 10.1 Å². The molecule has 4 rings (SSSR count). The van der Waals surface area contributed by atoms with E-state index >= 15 is 0 Å². The van der Waals surface area contributed by atoms with E-state index in [-0.39, 0.29) is 24.2 Å². The molecule has 3 aromatic rings. The maximum absolute atomic E-state index is 13.5. The lowest BCUT2D eigenvalue weighted by molar-refractivity contribution is -0.117. The number of carbonyl (C=O) groups is 2. The molecular weight excluding hydrogens is 397 g/mol. The third-order valence-electron chi connectivity index (χ3n) is 5.06. The molecule has 2 heterocycles. The van der Waals surface area contributed by atoms with Crippen molar-refractivity contribution in [3.8, 4) is 11.6 Å². The van der Waals surface area contributed by atoms with Crippen molar-refractivity contribution in [2.75, 3.05) is 11.4 Å². The highest BCUT2D eigenvalue weighted by atomic mass is 19.1. The number of amides is 2. The molecule has 0 unspecified atom stereocenters. The molecular formula is C24H22FN3O3. The van der Waals surface area contributed by atoms with E-state index in [0.717, 1.165) is 12.0 Å². The first-order valence-corrected chi connectivity index (χ1v) is 10.1. The summed E-state index contributed by atoms with van der Waals surface area (Å²) in [7, 11) is 0. The Balaban J connectivity index is 1.52. The molecule has 0 aliphatic carbocycles. The van der Waals surface area contributed by atoms with Crippen LogP contribution in [-0.2, 0) is 11.3 Å². The molecule has 31 heavy (non-hydrogen) atoms. The quantitative estimate of drug-likeness (QED) is 0.644. The highest BCUT2D eigenvalue weighted by Crippen LogP contribution is 2.27. The summed E-state index contributed by atoms with van der Waals surface area (Å²) in [6.07, 6.45) is 2.84. The Morgan fingerprint density at radius 1 is 1.19 bits per heavy atom. The number of hydrogen-bond donors (Lipinski definition) is 1. The van der Waals surface area contributed by atoms with Crippen LogP contribution >= 0.6 is 0 Å². The molecule has 1 aromatic heterocycles. The van der Waals surface area contributed by atoms with Crippen molar-refractivity contribution in [1.29, 1.82) is 0 Å². The molecule has 0 spiro atoms. The minimum atomic E-state index is -0.410. The SMILES string of the molecule is Cc1ccc(N2CCCC2=O)c(C(=O)NCc2cccnc2Oc2cccc(F)c2)c1. The predicted molar refractivity (Wildman–Crippen MR) is 115 cm³/mol. The summed E-state index contributed by atoms with van der Waals surface area (Å²) in [6.45, 7) is 2.67. The summed E-state index contributed by atoms with van der Waals surface area (Å²) in [6, 6.07) is 14.8. The monoisotopic (exact) mass is 419 g/mol. The predicted octanol–water partition coefficient (Wildman–Crippen LogP) is 4.38. The number of anilines is 1. The maximum atomic E-state index is 13.5. The van der Waals surface area contributed by atoms with Gasteiger partial charge in [-0.15, -0.1) is 0 Å². The second kappa shape index (κ2) is 8.95. The molecule has 1 saturated heterocycles. The Labute approximate surface area is 179 Å². The molecule has 1 N–H and O–H groups in total. The molecule has 0 saturated carbocycles. The third kappa shape index (κ3) is 4.71. The zero-order valence-corrected chi connectivity index (χ0v) is 17.1. The van der Waals surface area contributed by atoms with Gasteiger partial charge in [-0.25, -0.2) is 9.37 Å². The van der Waals surface area contributed by atoms with Crippen molar-refractivity contribution in [3.63, 3.8) is 0 Å². The molecule has 1 aliphatic heterocycles. The van der Waals surface area contributed by atoms with Crippen molar-refractivity contribution in [2.24, 2.45) is 0 Å². The number of pyridine rings is 1. The largest absolute Gasteiger partial charge is 0.439 e. The van der Waals surface area contributed by atoms with Crippen molar-refractivity contribution in [1.82, 2.24) is 10.3 Å². The van der Waals surface area contributed by atoms with Crippen LogP contribution in [0.1, 0.15) is 34.3 Å². The normalized spacial score (nSPS) is 13.4. The molecule has 158 valence electrons. The summed E-state index contributed by atoms with van der Waals surface area (Å²) in [5.74, 6) is -0.0750. The van der Waals surface area contributed by atoms with Crippen LogP contribution < -0.4 is 15.0 Å². The molecule has 6 nitrogen and oxygen atoms in total. The Morgan fingerprint density at radius 2 is 2.06 bits per heavy atom. The minimum Gasteiger partial charge on any atom is -0.439 e. The molecule has 2 aromatic carbocycles. The van der Waals surface area contributed by atoms with Crippen molar-refractivity contribution in [2.45, 2.75) is 26.3 Å². The number of hydrogen-bond acceptors (Lipinski definition) is 4. The van der Waals surface area contributed by atoms with E-state index in [1.54, 1.807) is 41.4 Å². The van der Waals surface area contributed by atoms with Gasteiger partial charge in [0.05, 0.1) is 11.3 Å². The van der Waals surface area contributed by atoms with Crippen LogP contribution in [0, 0.1) is 12.7 Å². The van der Waals surface area contributed by atoms with Gasteiger partial charge in [-0.1, -0.05) is 23.8 Å². The summed E-state index contributed by atoms with van der Waals surface area (Å²) in [5.41, 5.74) is 2.64. The first kappa shape index (κ1) is 20.5. The molecule has 2 amide bonds. The van der Waals surface area contributed by atoms with Crippen LogP contribution in [0.5, 0.6) is 11.6 Å². The molecule has 0 bridgehead atoms. The van der Waals surface area contributed by atoms with Crippen LogP contribution in [0.15, 0.2) is 60.8 Å². The van der Waals surface area contributed by atoms with Gasteiger partial charge in [-0.2, -0.15) is 0 Å². The fourth-order valence-corrected chi connectivity index (χ4v) is 3.53. The fraction of sp³-hybridized carbons (Fsp3) is 0.208. The fourth-order valence-electron chi connectivity index (χ4n) is 3.53. The number of rotatable bonds is 6. The van der Waals surface area contributed by atoms with Gasteiger partial charge in [-0.05, 0) is 43.7 Å². The van der Waals surface area contributed by atoms with Crippen LogP contribution in [0.2, 0.25) is 0 Å². The molecule has 1 aliphatic rings. The van der Waals surface area contributed by atoms with Gasteiger partial charge in [0.2, 0.25) is 11.8 Å².